The van der Waals surface area contributed by atoms with Crippen molar-refractivity contribution < 1.29 is 4.79 Å². The Kier molecular flexibility index (Phi) is 6.78. The molecular formula is C18H25NO. The van der Waals surface area contributed by atoms with Crippen molar-refractivity contribution in [3.05, 3.63) is 59.2 Å². The van der Waals surface area contributed by atoms with E-state index in [-0.39, 0.29) is 11.9 Å². The molecule has 1 aromatic carbocycles. The molecule has 0 fully saturated rings. The first-order chi connectivity index (χ1) is 9.49. The van der Waals surface area contributed by atoms with Crippen LogP contribution in [0.25, 0.3) is 0 Å². The maximum absolute atomic E-state index is 11.9. The zero-order chi connectivity index (χ0) is 15.0. The van der Waals surface area contributed by atoms with Gasteiger partial charge < -0.3 is 5.32 Å². The Bertz CT molecular complexity index is 481. The maximum Gasteiger partial charge on any atom is 0.244 e. The summed E-state index contributed by atoms with van der Waals surface area (Å²) in [7, 11) is 0. The van der Waals surface area contributed by atoms with E-state index in [1.807, 2.05) is 44.2 Å². The molecule has 0 spiro atoms. The molecule has 2 nitrogen and oxygen atoms in total. The molecule has 0 aliphatic carbocycles. The van der Waals surface area contributed by atoms with E-state index >= 15 is 0 Å². The van der Waals surface area contributed by atoms with Crippen molar-refractivity contribution in [1.29, 1.82) is 0 Å². The molecule has 0 aliphatic rings. The van der Waals surface area contributed by atoms with Gasteiger partial charge in [-0.3, -0.25) is 4.79 Å². The number of rotatable bonds is 6. The average Bonchev–Trinajstić information content (AvgIpc) is 2.38. The second-order valence-electron chi connectivity index (χ2n) is 5.45. The summed E-state index contributed by atoms with van der Waals surface area (Å²) in [6.07, 6.45) is 5.82. The van der Waals surface area contributed by atoms with Crippen molar-refractivity contribution in [1.82, 2.24) is 5.32 Å². The highest BCUT2D eigenvalue weighted by Crippen LogP contribution is 2.12. The summed E-state index contributed by atoms with van der Waals surface area (Å²) in [5.41, 5.74) is 3.55. The van der Waals surface area contributed by atoms with Crippen molar-refractivity contribution in [2.24, 2.45) is 0 Å². The third kappa shape index (κ3) is 6.37. The van der Waals surface area contributed by atoms with Gasteiger partial charge in [0.1, 0.15) is 0 Å². The van der Waals surface area contributed by atoms with Crippen LogP contribution in [0.4, 0.5) is 0 Å². The standard InChI is InChI=1S/C18H25NO/c1-14(2)9-8-10-15(3)13-18(20)19-16(4)17-11-6-5-7-12-17/h5-7,9,11-13,16H,8,10H2,1-4H3,(H,19,20)/b15-13+. The zero-order valence-corrected chi connectivity index (χ0v) is 12.9. The molecule has 0 radical (unpaired) electrons. The molecule has 1 rings (SSSR count). The van der Waals surface area contributed by atoms with Crippen molar-refractivity contribution >= 4 is 5.91 Å². The van der Waals surface area contributed by atoms with E-state index in [0.717, 1.165) is 24.0 Å². The fourth-order valence-electron chi connectivity index (χ4n) is 1.96. The van der Waals surface area contributed by atoms with Crippen molar-refractivity contribution in [3.63, 3.8) is 0 Å². The summed E-state index contributed by atoms with van der Waals surface area (Å²) in [4.78, 5) is 11.9. The minimum Gasteiger partial charge on any atom is -0.346 e. The molecule has 0 heterocycles. The lowest BCUT2D eigenvalue weighted by atomic mass is 10.1. The number of hydrogen-bond acceptors (Lipinski definition) is 1. The van der Waals surface area contributed by atoms with Crippen LogP contribution >= 0.6 is 0 Å². The highest BCUT2D eigenvalue weighted by molar-refractivity contribution is 5.88. The van der Waals surface area contributed by atoms with E-state index in [9.17, 15) is 4.79 Å². The Morgan fingerprint density at radius 3 is 2.45 bits per heavy atom. The molecule has 108 valence electrons. The molecule has 0 aromatic heterocycles. The maximum atomic E-state index is 11.9. The lowest BCUT2D eigenvalue weighted by molar-refractivity contribution is -0.117. The van der Waals surface area contributed by atoms with Crippen LogP contribution in [0, 0.1) is 0 Å². The molecule has 0 saturated heterocycles. The van der Waals surface area contributed by atoms with Crippen LogP contribution in [0.5, 0.6) is 0 Å². The second-order valence-corrected chi connectivity index (χ2v) is 5.45. The van der Waals surface area contributed by atoms with E-state index in [2.05, 4.69) is 25.2 Å². The van der Waals surface area contributed by atoms with E-state index in [0.29, 0.717) is 0 Å². The number of nitrogens with one attached hydrogen (secondary N) is 1. The van der Waals surface area contributed by atoms with Gasteiger partial charge in [-0.15, -0.1) is 0 Å². The van der Waals surface area contributed by atoms with Crippen LogP contribution in [-0.4, -0.2) is 5.91 Å². The van der Waals surface area contributed by atoms with Crippen molar-refractivity contribution in [2.45, 2.75) is 46.6 Å². The summed E-state index contributed by atoms with van der Waals surface area (Å²) in [6, 6.07) is 10.0. The van der Waals surface area contributed by atoms with Gasteiger partial charge in [0.25, 0.3) is 0 Å². The van der Waals surface area contributed by atoms with Crippen LogP contribution in [0.2, 0.25) is 0 Å². The molecule has 1 aromatic rings. The smallest absolute Gasteiger partial charge is 0.244 e. The molecule has 20 heavy (non-hydrogen) atoms. The molecule has 2 heteroatoms. The second kappa shape index (κ2) is 8.36. The number of allylic oxidation sites excluding steroid dienone is 3. The number of benzene rings is 1. The SMILES string of the molecule is CC(C)=CCC/C(C)=C/C(=O)NC(C)c1ccccc1. The normalized spacial score (nSPS) is 12.7. The van der Waals surface area contributed by atoms with Crippen molar-refractivity contribution in [3.8, 4) is 0 Å². The number of amides is 1. The van der Waals surface area contributed by atoms with Gasteiger partial charge in [-0.25, -0.2) is 0 Å². The molecule has 1 unspecified atom stereocenters. The van der Waals surface area contributed by atoms with Crippen LogP contribution in [0.15, 0.2) is 53.6 Å². The van der Waals surface area contributed by atoms with Gasteiger partial charge in [0.15, 0.2) is 0 Å². The van der Waals surface area contributed by atoms with Crippen LogP contribution in [0.1, 0.15) is 52.1 Å². The van der Waals surface area contributed by atoms with Crippen LogP contribution in [-0.2, 0) is 4.79 Å². The number of carbonyl (C=O) groups excluding carboxylic acids is 1. The molecule has 0 bridgehead atoms. The summed E-state index contributed by atoms with van der Waals surface area (Å²) < 4.78 is 0. The first-order valence-electron chi connectivity index (χ1n) is 7.15. The monoisotopic (exact) mass is 271 g/mol. The molecule has 1 N–H and O–H groups in total. The molecule has 1 atom stereocenters. The molecular weight excluding hydrogens is 246 g/mol. The number of hydrogen-bond donors (Lipinski definition) is 1. The Labute approximate surface area is 122 Å². The summed E-state index contributed by atoms with van der Waals surface area (Å²) in [5, 5.41) is 3.00. The minimum atomic E-state index is -0.0175. The van der Waals surface area contributed by atoms with Crippen molar-refractivity contribution in [2.75, 3.05) is 0 Å². The van der Waals surface area contributed by atoms with Gasteiger partial charge in [0, 0.05) is 6.08 Å². The summed E-state index contributed by atoms with van der Waals surface area (Å²) in [5.74, 6) is -0.0175. The van der Waals surface area contributed by atoms with Gasteiger partial charge in [-0.05, 0) is 46.1 Å². The predicted molar refractivity (Wildman–Crippen MR) is 85.4 cm³/mol. The summed E-state index contributed by atoms with van der Waals surface area (Å²) in [6.45, 7) is 8.19. The largest absolute Gasteiger partial charge is 0.346 e. The van der Waals surface area contributed by atoms with E-state index in [4.69, 9.17) is 0 Å². The lowest BCUT2D eigenvalue weighted by Gasteiger charge is -2.13. The van der Waals surface area contributed by atoms with E-state index < -0.39 is 0 Å². The Balaban J connectivity index is 2.48. The van der Waals surface area contributed by atoms with Crippen LogP contribution < -0.4 is 5.32 Å². The fourth-order valence-corrected chi connectivity index (χ4v) is 1.96. The first-order valence-corrected chi connectivity index (χ1v) is 7.15. The Morgan fingerprint density at radius 2 is 1.85 bits per heavy atom. The molecule has 0 aliphatic heterocycles. The first kappa shape index (κ1) is 16.2. The lowest BCUT2D eigenvalue weighted by Crippen LogP contribution is -2.24. The molecule has 1 amide bonds. The van der Waals surface area contributed by atoms with Gasteiger partial charge in [0.2, 0.25) is 5.91 Å². The minimum absolute atomic E-state index is 0.0175. The number of carbonyl (C=O) groups is 1. The Hall–Kier alpha value is -1.83. The molecule has 0 saturated carbocycles. The third-order valence-electron chi connectivity index (χ3n) is 3.13. The average molecular weight is 271 g/mol. The highest BCUT2D eigenvalue weighted by atomic mass is 16.1. The van der Waals surface area contributed by atoms with E-state index in [1.54, 1.807) is 6.08 Å². The van der Waals surface area contributed by atoms with Gasteiger partial charge >= 0.3 is 0 Å². The van der Waals surface area contributed by atoms with E-state index in [1.165, 1.54) is 5.57 Å². The zero-order valence-electron chi connectivity index (χ0n) is 12.9. The third-order valence-corrected chi connectivity index (χ3v) is 3.13. The Morgan fingerprint density at radius 1 is 1.20 bits per heavy atom. The highest BCUT2D eigenvalue weighted by Gasteiger charge is 2.07. The van der Waals surface area contributed by atoms with Gasteiger partial charge in [-0.2, -0.15) is 0 Å². The fraction of sp³-hybridized carbons (Fsp3) is 0.389. The van der Waals surface area contributed by atoms with Gasteiger partial charge in [0.05, 0.1) is 6.04 Å². The predicted octanol–water partition coefficient (Wildman–Crippen LogP) is 4.56. The quantitative estimate of drug-likeness (QED) is 0.596. The topological polar surface area (TPSA) is 29.1 Å². The summed E-state index contributed by atoms with van der Waals surface area (Å²) >= 11 is 0. The van der Waals surface area contributed by atoms with Gasteiger partial charge in [-0.1, -0.05) is 47.6 Å². The van der Waals surface area contributed by atoms with Crippen LogP contribution in [0.3, 0.4) is 0 Å².